The number of rotatable bonds is 4. The Morgan fingerprint density at radius 1 is 1.62 bits per heavy atom. The van der Waals surface area contributed by atoms with Gasteiger partial charge < -0.3 is 4.74 Å². The van der Waals surface area contributed by atoms with Crippen molar-refractivity contribution in [3.05, 3.63) is 12.2 Å². The van der Waals surface area contributed by atoms with E-state index in [0.717, 1.165) is 25.0 Å². The van der Waals surface area contributed by atoms with Crippen molar-refractivity contribution in [3.63, 3.8) is 0 Å². The number of carbonyl (C=O) groups is 1. The molecule has 2 unspecified atom stereocenters. The predicted molar refractivity (Wildman–Crippen MR) is 52.6 cm³/mol. The van der Waals surface area contributed by atoms with Gasteiger partial charge >= 0.3 is 0 Å². The number of hydrogen-bond donors (Lipinski definition) is 0. The summed E-state index contributed by atoms with van der Waals surface area (Å²) in [6.45, 7) is 8.66. The number of ketones is 1. The smallest absolute Gasteiger partial charge is 0.165 e. The van der Waals surface area contributed by atoms with Crippen molar-refractivity contribution in [2.45, 2.75) is 39.2 Å². The van der Waals surface area contributed by atoms with Gasteiger partial charge in [0.05, 0.1) is 0 Å². The van der Waals surface area contributed by atoms with Gasteiger partial charge in [-0.25, -0.2) is 0 Å². The Kier molecular flexibility index (Phi) is 3.67. The molecule has 74 valence electrons. The van der Waals surface area contributed by atoms with Gasteiger partial charge in [-0.3, -0.25) is 4.79 Å². The minimum absolute atomic E-state index is 0.164. The van der Waals surface area contributed by atoms with Crippen LogP contribution in [0.15, 0.2) is 12.2 Å². The summed E-state index contributed by atoms with van der Waals surface area (Å²) in [4.78, 5) is 11.6. The van der Waals surface area contributed by atoms with Crippen LogP contribution < -0.4 is 0 Å². The van der Waals surface area contributed by atoms with Crippen LogP contribution in [0.25, 0.3) is 0 Å². The topological polar surface area (TPSA) is 26.3 Å². The number of Topliss-reactive ketones (excluding diaryl/α,β-unsaturated/α-hetero) is 1. The van der Waals surface area contributed by atoms with Gasteiger partial charge in [-0.2, -0.15) is 0 Å². The van der Waals surface area contributed by atoms with Gasteiger partial charge in [0.2, 0.25) is 0 Å². The molecule has 0 N–H and O–H groups in total. The molecule has 0 radical (unpaired) electrons. The van der Waals surface area contributed by atoms with Gasteiger partial charge in [0.25, 0.3) is 0 Å². The fraction of sp³-hybridized carbons (Fsp3) is 0.727. The van der Waals surface area contributed by atoms with Crippen molar-refractivity contribution in [2.75, 3.05) is 6.61 Å². The van der Waals surface area contributed by atoms with E-state index >= 15 is 0 Å². The number of ether oxygens (including phenoxy) is 1. The van der Waals surface area contributed by atoms with E-state index in [0.29, 0.717) is 12.3 Å². The second-order valence-corrected chi connectivity index (χ2v) is 3.80. The summed E-state index contributed by atoms with van der Waals surface area (Å²) in [5.41, 5.74) is 1.01. The van der Waals surface area contributed by atoms with Crippen LogP contribution in [0, 0.1) is 5.92 Å². The van der Waals surface area contributed by atoms with E-state index in [2.05, 4.69) is 13.5 Å². The first-order valence-electron chi connectivity index (χ1n) is 4.96. The van der Waals surface area contributed by atoms with Crippen LogP contribution in [-0.2, 0) is 9.53 Å². The third-order valence-electron chi connectivity index (χ3n) is 2.63. The molecule has 0 aromatic heterocycles. The van der Waals surface area contributed by atoms with Crippen LogP contribution in [0.5, 0.6) is 0 Å². The monoisotopic (exact) mass is 182 g/mol. The van der Waals surface area contributed by atoms with Crippen LogP contribution >= 0.6 is 0 Å². The van der Waals surface area contributed by atoms with Gasteiger partial charge in [-0.1, -0.05) is 26.0 Å². The van der Waals surface area contributed by atoms with E-state index in [1.807, 2.05) is 6.92 Å². The number of allylic oxidation sites excluding steroid dienone is 1. The zero-order chi connectivity index (χ0) is 9.84. The molecule has 1 rings (SSSR count). The Morgan fingerprint density at radius 2 is 2.31 bits per heavy atom. The summed E-state index contributed by atoms with van der Waals surface area (Å²) < 4.78 is 5.38. The lowest BCUT2D eigenvalue weighted by atomic mass is 9.96. The van der Waals surface area contributed by atoms with Gasteiger partial charge in [0, 0.05) is 13.0 Å². The lowest BCUT2D eigenvalue weighted by Crippen LogP contribution is -2.25. The Labute approximate surface area is 80.0 Å². The Morgan fingerprint density at radius 3 is 2.77 bits per heavy atom. The second kappa shape index (κ2) is 4.56. The highest BCUT2D eigenvalue weighted by Gasteiger charge is 2.30. The maximum atomic E-state index is 11.6. The molecule has 1 aliphatic heterocycles. The molecule has 2 nitrogen and oxygen atoms in total. The van der Waals surface area contributed by atoms with Crippen LogP contribution in [0.4, 0.5) is 0 Å². The summed E-state index contributed by atoms with van der Waals surface area (Å²) in [6.07, 6.45) is 2.22. The summed E-state index contributed by atoms with van der Waals surface area (Å²) in [5, 5.41) is 0. The van der Waals surface area contributed by atoms with E-state index in [1.165, 1.54) is 0 Å². The summed E-state index contributed by atoms with van der Waals surface area (Å²) in [6, 6.07) is 0. The van der Waals surface area contributed by atoms with Gasteiger partial charge in [-0.15, -0.1) is 0 Å². The first-order chi connectivity index (χ1) is 6.15. The molecule has 0 aromatic rings. The number of carbonyl (C=O) groups excluding carboxylic acids is 1. The third-order valence-corrected chi connectivity index (χ3v) is 2.63. The molecule has 0 spiro atoms. The minimum Gasteiger partial charge on any atom is -0.370 e. The molecule has 0 aliphatic carbocycles. The molecule has 1 heterocycles. The Balaban J connectivity index is 2.43. The average Bonchev–Trinajstić information content (AvgIpc) is 2.51. The van der Waals surface area contributed by atoms with E-state index in [9.17, 15) is 4.79 Å². The molecule has 1 fully saturated rings. The summed E-state index contributed by atoms with van der Waals surface area (Å²) in [7, 11) is 0. The highest BCUT2D eigenvalue weighted by Crippen LogP contribution is 2.23. The zero-order valence-electron chi connectivity index (χ0n) is 8.51. The zero-order valence-corrected chi connectivity index (χ0v) is 8.51. The highest BCUT2D eigenvalue weighted by atomic mass is 16.5. The molecule has 13 heavy (non-hydrogen) atoms. The first kappa shape index (κ1) is 10.5. The van der Waals surface area contributed by atoms with Crippen molar-refractivity contribution in [1.82, 2.24) is 0 Å². The standard InChI is InChI=1S/C11H18O2/c1-4-8(2)7-10(12)11-9(3)5-6-13-11/h9,11H,2,4-7H2,1,3H3. The lowest BCUT2D eigenvalue weighted by molar-refractivity contribution is -0.128. The largest absolute Gasteiger partial charge is 0.370 e. The predicted octanol–water partition coefficient (Wildman–Crippen LogP) is 2.34. The highest BCUT2D eigenvalue weighted by molar-refractivity contribution is 5.85. The minimum atomic E-state index is -0.164. The van der Waals surface area contributed by atoms with Crippen molar-refractivity contribution >= 4 is 5.78 Å². The van der Waals surface area contributed by atoms with E-state index < -0.39 is 0 Å². The molecule has 1 saturated heterocycles. The molecule has 1 aliphatic rings. The SMILES string of the molecule is C=C(CC)CC(=O)C1OCCC1C. The number of hydrogen-bond acceptors (Lipinski definition) is 2. The maximum Gasteiger partial charge on any atom is 0.165 e. The van der Waals surface area contributed by atoms with Gasteiger partial charge in [0.1, 0.15) is 6.10 Å². The maximum absolute atomic E-state index is 11.6. The van der Waals surface area contributed by atoms with E-state index in [1.54, 1.807) is 0 Å². The summed E-state index contributed by atoms with van der Waals surface area (Å²) >= 11 is 0. The van der Waals surface area contributed by atoms with Crippen LogP contribution in [0.2, 0.25) is 0 Å². The molecule has 0 aromatic carbocycles. The fourth-order valence-electron chi connectivity index (χ4n) is 1.58. The van der Waals surface area contributed by atoms with Crippen LogP contribution in [0.1, 0.15) is 33.1 Å². The Bertz CT molecular complexity index is 208. The second-order valence-electron chi connectivity index (χ2n) is 3.80. The first-order valence-corrected chi connectivity index (χ1v) is 4.96. The molecule has 0 saturated carbocycles. The van der Waals surface area contributed by atoms with E-state index in [4.69, 9.17) is 4.74 Å². The van der Waals surface area contributed by atoms with Crippen LogP contribution in [-0.4, -0.2) is 18.5 Å². The third kappa shape index (κ3) is 2.66. The average molecular weight is 182 g/mol. The molecule has 2 atom stereocenters. The van der Waals surface area contributed by atoms with Gasteiger partial charge in [-0.05, 0) is 18.8 Å². The molecule has 2 heteroatoms. The summed E-state index contributed by atoms with van der Waals surface area (Å²) in [5.74, 6) is 0.592. The van der Waals surface area contributed by atoms with Crippen molar-refractivity contribution < 1.29 is 9.53 Å². The van der Waals surface area contributed by atoms with Crippen LogP contribution in [0.3, 0.4) is 0 Å². The van der Waals surface area contributed by atoms with Crippen molar-refractivity contribution in [3.8, 4) is 0 Å². The van der Waals surface area contributed by atoms with E-state index in [-0.39, 0.29) is 11.9 Å². The molecule has 0 amide bonds. The van der Waals surface area contributed by atoms with Crippen molar-refractivity contribution in [2.24, 2.45) is 5.92 Å². The van der Waals surface area contributed by atoms with Gasteiger partial charge in [0.15, 0.2) is 5.78 Å². The lowest BCUT2D eigenvalue weighted by Gasteiger charge is -2.13. The Hall–Kier alpha value is -0.630. The van der Waals surface area contributed by atoms with Crippen molar-refractivity contribution in [1.29, 1.82) is 0 Å². The molecule has 0 bridgehead atoms. The molecular weight excluding hydrogens is 164 g/mol. The quantitative estimate of drug-likeness (QED) is 0.624. The normalized spacial score (nSPS) is 27.5. The molecular formula is C11H18O2. The fourth-order valence-corrected chi connectivity index (χ4v) is 1.58.